The number of rotatable bonds is 2. The zero-order chi connectivity index (χ0) is 12.4. The Balaban J connectivity index is 1.83. The average Bonchev–Trinajstić information content (AvgIpc) is 2.69. The number of hydrogen-bond acceptors (Lipinski definition) is 3. The lowest BCUT2D eigenvalue weighted by Crippen LogP contribution is -2.01. The van der Waals surface area contributed by atoms with E-state index in [9.17, 15) is 5.11 Å². The van der Waals surface area contributed by atoms with E-state index < -0.39 is 6.10 Å². The summed E-state index contributed by atoms with van der Waals surface area (Å²) in [6.07, 6.45) is 7.44. The van der Waals surface area contributed by atoms with Crippen molar-refractivity contribution in [2.45, 2.75) is 38.2 Å². The second kappa shape index (κ2) is 5.02. The van der Waals surface area contributed by atoms with E-state index in [4.69, 9.17) is 9.47 Å². The Morgan fingerprint density at radius 2 is 1.94 bits per heavy atom. The van der Waals surface area contributed by atoms with Crippen molar-refractivity contribution in [2.75, 3.05) is 6.79 Å². The maximum absolute atomic E-state index is 10.4. The van der Waals surface area contributed by atoms with Crippen LogP contribution in [-0.4, -0.2) is 11.9 Å². The number of aliphatic hydroxyl groups is 1. The number of fused-ring (bicyclic) bond motifs is 1. The van der Waals surface area contributed by atoms with E-state index in [-0.39, 0.29) is 6.79 Å². The van der Waals surface area contributed by atoms with Gasteiger partial charge in [0.15, 0.2) is 11.5 Å². The molecule has 1 aliphatic heterocycles. The smallest absolute Gasteiger partial charge is 0.231 e. The molecule has 0 aromatic heterocycles. The van der Waals surface area contributed by atoms with Gasteiger partial charge in [0.1, 0.15) is 6.10 Å². The highest BCUT2D eigenvalue weighted by Crippen LogP contribution is 2.37. The van der Waals surface area contributed by atoms with Crippen LogP contribution in [0.25, 0.3) is 0 Å². The fourth-order valence-corrected chi connectivity index (χ4v) is 2.59. The van der Waals surface area contributed by atoms with Gasteiger partial charge in [-0.05, 0) is 49.0 Å². The Kier molecular flexibility index (Phi) is 3.24. The third kappa shape index (κ3) is 2.23. The van der Waals surface area contributed by atoms with E-state index in [1.807, 2.05) is 18.2 Å². The first-order chi connectivity index (χ1) is 8.84. The van der Waals surface area contributed by atoms with Gasteiger partial charge in [0.2, 0.25) is 6.79 Å². The first-order valence-corrected chi connectivity index (χ1v) is 6.61. The first-order valence-electron chi connectivity index (χ1n) is 6.61. The van der Waals surface area contributed by atoms with E-state index in [0.717, 1.165) is 35.5 Å². The summed E-state index contributed by atoms with van der Waals surface area (Å²) in [5.74, 6) is 1.50. The van der Waals surface area contributed by atoms with Gasteiger partial charge in [0.05, 0.1) is 0 Å². The van der Waals surface area contributed by atoms with E-state index in [1.54, 1.807) is 0 Å². The Hall–Kier alpha value is -1.48. The molecule has 1 aromatic rings. The molecule has 1 N–H and O–H groups in total. The molecule has 18 heavy (non-hydrogen) atoms. The number of hydrogen-bond donors (Lipinski definition) is 1. The molecule has 0 saturated carbocycles. The molecule has 0 radical (unpaired) electrons. The minimum absolute atomic E-state index is 0.275. The van der Waals surface area contributed by atoms with Gasteiger partial charge < -0.3 is 14.6 Å². The second-order valence-electron chi connectivity index (χ2n) is 4.89. The fraction of sp³-hybridized carbons (Fsp3) is 0.467. The van der Waals surface area contributed by atoms with Crippen molar-refractivity contribution in [1.82, 2.24) is 0 Å². The maximum Gasteiger partial charge on any atom is 0.231 e. The van der Waals surface area contributed by atoms with Gasteiger partial charge in [-0.15, -0.1) is 0 Å². The lowest BCUT2D eigenvalue weighted by Gasteiger charge is -2.15. The molecule has 3 rings (SSSR count). The Morgan fingerprint density at radius 1 is 1.06 bits per heavy atom. The molecule has 1 aromatic carbocycles. The molecule has 0 fully saturated rings. The lowest BCUT2D eigenvalue weighted by atomic mass is 9.97. The highest BCUT2D eigenvalue weighted by Gasteiger charge is 2.19. The van der Waals surface area contributed by atoms with Crippen LogP contribution in [0.5, 0.6) is 11.5 Å². The molecule has 3 nitrogen and oxygen atoms in total. The zero-order valence-corrected chi connectivity index (χ0v) is 10.4. The standard InChI is InChI=1S/C15H18O3/c16-15(11-5-3-1-2-4-6-11)12-7-8-13-14(9-12)18-10-17-13/h5,7-9,15-16H,1-4,6,10H2. The first kappa shape index (κ1) is 11.6. The van der Waals surface area contributed by atoms with Gasteiger partial charge in [0, 0.05) is 0 Å². The second-order valence-corrected chi connectivity index (χ2v) is 4.89. The molecular formula is C15H18O3. The van der Waals surface area contributed by atoms with Crippen LogP contribution in [0.2, 0.25) is 0 Å². The van der Waals surface area contributed by atoms with Crippen LogP contribution in [0.1, 0.15) is 43.8 Å². The normalized spacial score (nSPS) is 20.2. The van der Waals surface area contributed by atoms with Crippen LogP contribution in [0.15, 0.2) is 29.8 Å². The van der Waals surface area contributed by atoms with E-state index in [2.05, 4.69) is 6.08 Å². The molecule has 1 heterocycles. The molecular weight excluding hydrogens is 228 g/mol. The molecule has 0 saturated heterocycles. The van der Waals surface area contributed by atoms with Gasteiger partial charge in [0.25, 0.3) is 0 Å². The van der Waals surface area contributed by atoms with Crippen molar-refractivity contribution in [3.8, 4) is 11.5 Å². The molecule has 0 spiro atoms. The van der Waals surface area contributed by atoms with Gasteiger partial charge in [-0.25, -0.2) is 0 Å². The van der Waals surface area contributed by atoms with Crippen LogP contribution in [-0.2, 0) is 0 Å². The predicted octanol–water partition coefficient (Wildman–Crippen LogP) is 3.34. The van der Waals surface area contributed by atoms with Crippen LogP contribution in [0.4, 0.5) is 0 Å². The van der Waals surface area contributed by atoms with Crippen molar-refractivity contribution >= 4 is 0 Å². The third-order valence-corrected chi connectivity index (χ3v) is 3.64. The topological polar surface area (TPSA) is 38.7 Å². The van der Waals surface area contributed by atoms with Crippen molar-refractivity contribution in [3.63, 3.8) is 0 Å². The maximum atomic E-state index is 10.4. The van der Waals surface area contributed by atoms with Crippen LogP contribution in [0.3, 0.4) is 0 Å². The lowest BCUT2D eigenvalue weighted by molar-refractivity contribution is 0.173. The summed E-state index contributed by atoms with van der Waals surface area (Å²) in [5, 5.41) is 10.4. The molecule has 1 aliphatic carbocycles. The van der Waals surface area contributed by atoms with Crippen LogP contribution in [0, 0.1) is 0 Å². The number of aliphatic hydroxyl groups excluding tert-OH is 1. The van der Waals surface area contributed by atoms with Gasteiger partial charge in [-0.1, -0.05) is 18.6 Å². The summed E-state index contributed by atoms with van der Waals surface area (Å²) in [6.45, 7) is 0.275. The predicted molar refractivity (Wildman–Crippen MR) is 68.7 cm³/mol. The number of allylic oxidation sites excluding steroid dienone is 1. The van der Waals surface area contributed by atoms with Crippen molar-refractivity contribution in [1.29, 1.82) is 0 Å². The van der Waals surface area contributed by atoms with Gasteiger partial charge in [-0.3, -0.25) is 0 Å². The van der Waals surface area contributed by atoms with Gasteiger partial charge >= 0.3 is 0 Å². The summed E-state index contributed by atoms with van der Waals surface area (Å²) in [5.41, 5.74) is 2.04. The third-order valence-electron chi connectivity index (χ3n) is 3.64. The highest BCUT2D eigenvalue weighted by atomic mass is 16.7. The summed E-state index contributed by atoms with van der Waals surface area (Å²) >= 11 is 0. The average molecular weight is 246 g/mol. The van der Waals surface area contributed by atoms with Gasteiger partial charge in [-0.2, -0.15) is 0 Å². The molecule has 0 amide bonds. The zero-order valence-electron chi connectivity index (χ0n) is 10.4. The van der Waals surface area contributed by atoms with Crippen molar-refractivity contribution in [3.05, 3.63) is 35.4 Å². The largest absolute Gasteiger partial charge is 0.454 e. The minimum Gasteiger partial charge on any atom is -0.454 e. The Labute approximate surface area is 107 Å². The molecule has 0 bridgehead atoms. The quantitative estimate of drug-likeness (QED) is 0.813. The Morgan fingerprint density at radius 3 is 2.89 bits per heavy atom. The van der Waals surface area contributed by atoms with Crippen molar-refractivity contribution < 1.29 is 14.6 Å². The molecule has 96 valence electrons. The molecule has 2 aliphatic rings. The Bertz CT molecular complexity index is 465. The van der Waals surface area contributed by atoms with E-state index in [1.165, 1.54) is 19.3 Å². The van der Waals surface area contributed by atoms with E-state index in [0.29, 0.717) is 0 Å². The molecule has 3 heteroatoms. The summed E-state index contributed by atoms with van der Waals surface area (Å²) in [4.78, 5) is 0. The fourth-order valence-electron chi connectivity index (χ4n) is 2.59. The van der Waals surface area contributed by atoms with Crippen molar-refractivity contribution in [2.24, 2.45) is 0 Å². The SMILES string of the molecule is OC(C1=CCCCCC1)c1ccc2c(c1)OCO2. The van der Waals surface area contributed by atoms with E-state index >= 15 is 0 Å². The van der Waals surface area contributed by atoms with Crippen LogP contribution >= 0.6 is 0 Å². The summed E-state index contributed by atoms with van der Waals surface area (Å²) in [7, 11) is 0. The molecule has 1 unspecified atom stereocenters. The summed E-state index contributed by atoms with van der Waals surface area (Å²) < 4.78 is 10.6. The van der Waals surface area contributed by atoms with Crippen LogP contribution < -0.4 is 9.47 Å². The minimum atomic E-state index is -0.502. The molecule has 1 atom stereocenters. The number of ether oxygens (including phenoxy) is 2. The highest BCUT2D eigenvalue weighted by molar-refractivity contribution is 5.46. The number of benzene rings is 1. The summed E-state index contributed by atoms with van der Waals surface area (Å²) in [6, 6.07) is 5.68. The monoisotopic (exact) mass is 246 g/mol.